The molecule has 0 radical (unpaired) electrons. The van der Waals surface area contributed by atoms with Gasteiger partial charge in [-0.1, -0.05) is 41.6 Å². The van der Waals surface area contributed by atoms with Crippen LogP contribution in [0.2, 0.25) is 0 Å². The molecule has 2 N–H and O–H groups in total. The Hall–Kier alpha value is -3.68. The summed E-state index contributed by atoms with van der Waals surface area (Å²) in [6, 6.07) is 14.6. The first-order valence-electron chi connectivity index (χ1n) is 10.6. The van der Waals surface area contributed by atoms with Crippen LogP contribution in [0.15, 0.2) is 53.1 Å². The molecule has 4 rings (SSSR count). The van der Waals surface area contributed by atoms with Gasteiger partial charge in [0.05, 0.1) is 13.0 Å². The number of carbonyl (C=O) groups is 2. The highest BCUT2D eigenvalue weighted by molar-refractivity contribution is 5.96. The summed E-state index contributed by atoms with van der Waals surface area (Å²) in [6.45, 7) is 1.84. The third-order valence-electron chi connectivity index (χ3n) is 6.04. The molecular weight excluding hydrogens is 408 g/mol. The Balaban J connectivity index is 1.60. The Bertz CT molecular complexity index is 1110. The summed E-state index contributed by atoms with van der Waals surface area (Å²) >= 11 is 0. The highest BCUT2D eigenvalue weighted by atomic mass is 16.5. The molecule has 1 aliphatic carbocycles. The van der Waals surface area contributed by atoms with Crippen LogP contribution in [-0.2, 0) is 4.79 Å². The molecule has 2 aromatic carbocycles. The Labute approximate surface area is 186 Å². The van der Waals surface area contributed by atoms with Gasteiger partial charge in [-0.25, -0.2) is 0 Å². The van der Waals surface area contributed by atoms with Gasteiger partial charge in [-0.05, 0) is 31.9 Å². The second kappa shape index (κ2) is 9.21. The molecule has 166 valence electrons. The maximum atomic E-state index is 13.1. The Morgan fingerprint density at radius 2 is 1.88 bits per heavy atom. The first-order valence-corrected chi connectivity index (χ1v) is 10.6. The fourth-order valence-corrected chi connectivity index (χ4v) is 4.31. The second-order valence-electron chi connectivity index (χ2n) is 7.92. The van der Waals surface area contributed by atoms with E-state index >= 15 is 0 Å². The number of carbonyl (C=O) groups excluding carboxylic acids is 2. The number of ether oxygens (including phenoxy) is 1. The molecule has 1 fully saturated rings. The van der Waals surface area contributed by atoms with Gasteiger partial charge in [0, 0.05) is 35.7 Å². The van der Waals surface area contributed by atoms with Gasteiger partial charge < -0.3 is 19.9 Å². The van der Waals surface area contributed by atoms with E-state index in [0.29, 0.717) is 35.9 Å². The lowest BCUT2D eigenvalue weighted by molar-refractivity contribution is -0.124. The van der Waals surface area contributed by atoms with Crippen LogP contribution in [-0.4, -0.2) is 42.2 Å². The topological polar surface area (TPSA) is 106 Å². The maximum Gasteiger partial charge on any atom is 0.251 e. The zero-order chi connectivity index (χ0) is 22.7. The van der Waals surface area contributed by atoms with E-state index in [4.69, 9.17) is 9.26 Å². The zero-order valence-electron chi connectivity index (χ0n) is 18.3. The van der Waals surface area contributed by atoms with Gasteiger partial charge >= 0.3 is 0 Å². The summed E-state index contributed by atoms with van der Waals surface area (Å²) in [7, 11) is 3.19. The third kappa shape index (κ3) is 4.21. The molecule has 2 amide bonds. The molecule has 8 nitrogen and oxygen atoms in total. The fraction of sp³-hybridized carbons (Fsp3) is 0.333. The van der Waals surface area contributed by atoms with Crippen molar-refractivity contribution >= 4 is 11.8 Å². The second-order valence-corrected chi connectivity index (χ2v) is 7.92. The minimum atomic E-state index is -0.320. The van der Waals surface area contributed by atoms with Crippen LogP contribution in [0.1, 0.15) is 40.6 Å². The van der Waals surface area contributed by atoms with Crippen LogP contribution < -0.4 is 15.4 Å². The average Bonchev–Trinajstić information content (AvgIpc) is 3.46. The molecule has 32 heavy (non-hydrogen) atoms. The summed E-state index contributed by atoms with van der Waals surface area (Å²) in [5.41, 5.74) is 2.13. The maximum absolute atomic E-state index is 13.1. The predicted molar refractivity (Wildman–Crippen MR) is 118 cm³/mol. The van der Waals surface area contributed by atoms with Crippen LogP contribution in [0, 0.1) is 12.8 Å². The van der Waals surface area contributed by atoms with Crippen LogP contribution in [0.25, 0.3) is 11.4 Å². The Morgan fingerprint density at radius 1 is 1.09 bits per heavy atom. The van der Waals surface area contributed by atoms with Crippen molar-refractivity contribution in [3.63, 3.8) is 0 Å². The highest BCUT2D eigenvalue weighted by Gasteiger charge is 2.42. The zero-order valence-corrected chi connectivity index (χ0v) is 18.3. The average molecular weight is 434 g/mol. The highest BCUT2D eigenvalue weighted by Crippen LogP contribution is 2.39. The number of aromatic nitrogens is 2. The monoisotopic (exact) mass is 434 g/mol. The van der Waals surface area contributed by atoms with E-state index in [9.17, 15) is 9.59 Å². The number of benzene rings is 2. The smallest absolute Gasteiger partial charge is 0.251 e. The minimum absolute atomic E-state index is 0.0629. The van der Waals surface area contributed by atoms with Crippen molar-refractivity contribution in [2.75, 3.05) is 14.2 Å². The molecule has 1 heterocycles. The number of rotatable bonds is 6. The van der Waals surface area contributed by atoms with Crippen LogP contribution in [0.4, 0.5) is 0 Å². The fourth-order valence-electron chi connectivity index (χ4n) is 4.31. The first-order chi connectivity index (χ1) is 15.5. The Kier molecular flexibility index (Phi) is 6.20. The molecule has 0 saturated heterocycles. The van der Waals surface area contributed by atoms with Crippen molar-refractivity contribution in [3.05, 3.63) is 65.5 Å². The standard InChI is InChI=1S/C24H26N4O4/c1-14-17(10-7-11-20(14)31-3)23(30)26-19-13-16(22(29)25-2)12-18(19)24-27-21(28-32-24)15-8-5-4-6-9-15/h4-11,16,18-19H,12-13H2,1-3H3,(H,25,29)(H,26,30)/t16-,18-,19+/m1/s1. The molecule has 0 unspecified atom stereocenters. The van der Waals surface area contributed by atoms with E-state index in [1.807, 2.05) is 43.3 Å². The lowest BCUT2D eigenvalue weighted by atomic mass is 10.0. The minimum Gasteiger partial charge on any atom is -0.496 e. The van der Waals surface area contributed by atoms with E-state index in [-0.39, 0.29) is 29.7 Å². The molecule has 8 heteroatoms. The number of amides is 2. The first kappa shape index (κ1) is 21.5. The molecule has 1 saturated carbocycles. The van der Waals surface area contributed by atoms with Gasteiger partial charge in [-0.3, -0.25) is 9.59 Å². The van der Waals surface area contributed by atoms with Gasteiger partial charge in [0.2, 0.25) is 17.6 Å². The summed E-state index contributed by atoms with van der Waals surface area (Å²) in [4.78, 5) is 30.0. The van der Waals surface area contributed by atoms with E-state index in [2.05, 4.69) is 20.8 Å². The molecule has 1 aromatic heterocycles. The van der Waals surface area contributed by atoms with Crippen molar-refractivity contribution in [1.29, 1.82) is 0 Å². The van der Waals surface area contributed by atoms with Crippen LogP contribution in [0.3, 0.4) is 0 Å². The van der Waals surface area contributed by atoms with Gasteiger partial charge in [0.25, 0.3) is 5.91 Å². The molecule has 0 aliphatic heterocycles. The van der Waals surface area contributed by atoms with Crippen molar-refractivity contribution in [1.82, 2.24) is 20.8 Å². The van der Waals surface area contributed by atoms with E-state index in [1.54, 1.807) is 26.3 Å². The number of nitrogens with one attached hydrogen (secondary N) is 2. The Morgan fingerprint density at radius 3 is 2.59 bits per heavy atom. The number of nitrogens with zero attached hydrogens (tertiary/aromatic N) is 2. The molecule has 3 aromatic rings. The number of hydrogen-bond donors (Lipinski definition) is 2. The van der Waals surface area contributed by atoms with E-state index in [0.717, 1.165) is 11.1 Å². The molecule has 3 atom stereocenters. The van der Waals surface area contributed by atoms with Crippen molar-refractivity contribution in [3.8, 4) is 17.1 Å². The van der Waals surface area contributed by atoms with Crippen LogP contribution >= 0.6 is 0 Å². The predicted octanol–water partition coefficient (Wildman–Crippen LogP) is 3.09. The number of hydrogen-bond acceptors (Lipinski definition) is 6. The van der Waals surface area contributed by atoms with Gasteiger partial charge in [0.15, 0.2) is 0 Å². The molecular formula is C24H26N4O4. The van der Waals surface area contributed by atoms with Gasteiger partial charge in [0.1, 0.15) is 5.75 Å². The summed E-state index contributed by atoms with van der Waals surface area (Å²) in [5, 5.41) is 9.91. The molecule has 0 bridgehead atoms. The summed E-state index contributed by atoms with van der Waals surface area (Å²) in [5.74, 6) is 0.740. The largest absolute Gasteiger partial charge is 0.496 e. The quantitative estimate of drug-likeness (QED) is 0.618. The normalized spacial score (nSPS) is 20.0. The summed E-state index contributed by atoms with van der Waals surface area (Å²) in [6.07, 6.45) is 1.00. The van der Waals surface area contributed by atoms with Crippen molar-refractivity contribution < 1.29 is 18.8 Å². The lowest BCUT2D eigenvalue weighted by Gasteiger charge is -2.19. The van der Waals surface area contributed by atoms with E-state index in [1.165, 1.54) is 0 Å². The summed E-state index contributed by atoms with van der Waals surface area (Å²) < 4.78 is 10.9. The van der Waals surface area contributed by atoms with Crippen molar-refractivity contribution in [2.45, 2.75) is 31.7 Å². The lowest BCUT2D eigenvalue weighted by Crippen LogP contribution is -2.37. The molecule has 0 spiro atoms. The SMILES string of the molecule is CNC(=O)[C@H]1C[C@H](NC(=O)c2cccc(OC)c2C)[C@H](c2nc(-c3ccccc3)no2)C1. The van der Waals surface area contributed by atoms with Gasteiger partial charge in [-0.15, -0.1) is 0 Å². The van der Waals surface area contributed by atoms with E-state index < -0.39 is 0 Å². The van der Waals surface area contributed by atoms with Gasteiger partial charge in [-0.2, -0.15) is 4.98 Å². The van der Waals surface area contributed by atoms with Crippen molar-refractivity contribution in [2.24, 2.45) is 5.92 Å². The molecule has 1 aliphatic rings. The third-order valence-corrected chi connectivity index (χ3v) is 6.04. The number of methoxy groups -OCH3 is 1. The van der Waals surface area contributed by atoms with Crippen LogP contribution in [0.5, 0.6) is 5.75 Å².